The van der Waals surface area contributed by atoms with E-state index in [2.05, 4.69) is 27.4 Å². The van der Waals surface area contributed by atoms with Gasteiger partial charge in [-0.3, -0.25) is 4.99 Å². The summed E-state index contributed by atoms with van der Waals surface area (Å²) < 4.78 is 0. The molecule has 4 nitrogen and oxygen atoms in total. The minimum absolute atomic E-state index is 0.661. The van der Waals surface area contributed by atoms with Crippen molar-refractivity contribution in [1.82, 2.24) is 15.5 Å². The Morgan fingerprint density at radius 3 is 3.25 bits per heavy atom. The maximum atomic E-state index is 4.47. The quantitative estimate of drug-likeness (QED) is 0.866. The molecule has 0 fully saturated rings. The molecule has 0 aromatic carbocycles. The van der Waals surface area contributed by atoms with E-state index in [0.29, 0.717) is 11.8 Å². The first-order chi connectivity index (χ1) is 7.88. The Bertz CT molecular complexity index is 352. The van der Waals surface area contributed by atoms with Gasteiger partial charge >= 0.3 is 0 Å². The predicted molar refractivity (Wildman–Crippen MR) is 67.5 cm³/mol. The molecule has 0 spiro atoms. The van der Waals surface area contributed by atoms with Gasteiger partial charge < -0.3 is 5.32 Å². The molecule has 1 aromatic heterocycles. The van der Waals surface area contributed by atoms with E-state index in [1.54, 1.807) is 6.20 Å². The van der Waals surface area contributed by atoms with Gasteiger partial charge in [0.05, 0.1) is 18.8 Å². The molecule has 1 N–H and O–H groups in total. The molecule has 0 saturated heterocycles. The number of nitrogens with one attached hydrogen (secondary N) is 1. The average molecular weight is 236 g/mol. The SMILES string of the molecule is CCCC1CN=C(NCc2cccnn2)S1. The van der Waals surface area contributed by atoms with Crippen LogP contribution in [-0.4, -0.2) is 27.2 Å². The minimum Gasteiger partial charge on any atom is -0.359 e. The lowest BCUT2D eigenvalue weighted by atomic mass is 10.2. The van der Waals surface area contributed by atoms with Crippen molar-refractivity contribution in [2.75, 3.05) is 6.54 Å². The number of amidine groups is 1. The molecule has 1 aromatic rings. The topological polar surface area (TPSA) is 50.2 Å². The third kappa shape index (κ3) is 3.20. The lowest BCUT2D eigenvalue weighted by Gasteiger charge is -2.06. The van der Waals surface area contributed by atoms with E-state index >= 15 is 0 Å². The molecule has 2 heterocycles. The van der Waals surface area contributed by atoms with Crippen LogP contribution in [0, 0.1) is 0 Å². The van der Waals surface area contributed by atoms with E-state index in [1.165, 1.54) is 12.8 Å². The highest BCUT2D eigenvalue weighted by molar-refractivity contribution is 8.14. The fourth-order valence-corrected chi connectivity index (χ4v) is 2.70. The first-order valence-corrected chi connectivity index (χ1v) is 6.48. The van der Waals surface area contributed by atoms with Gasteiger partial charge in [-0.15, -0.1) is 0 Å². The van der Waals surface area contributed by atoms with E-state index in [4.69, 9.17) is 0 Å². The number of rotatable bonds is 4. The van der Waals surface area contributed by atoms with Crippen LogP contribution in [0.2, 0.25) is 0 Å². The van der Waals surface area contributed by atoms with Crippen LogP contribution in [0.15, 0.2) is 23.3 Å². The maximum Gasteiger partial charge on any atom is 0.157 e. The lowest BCUT2D eigenvalue weighted by Crippen LogP contribution is -2.19. The fourth-order valence-electron chi connectivity index (χ4n) is 1.58. The molecule has 0 aliphatic carbocycles. The standard InChI is InChI=1S/C11H16N4S/c1-2-4-10-8-13-11(16-10)12-7-9-5-3-6-14-15-9/h3,5-6,10H,2,4,7-8H2,1H3,(H,12,13). The second kappa shape index (κ2) is 5.84. The zero-order valence-electron chi connectivity index (χ0n) is 9.39. The molecule has 2 rings (SSSR count). The highest BCUT2D eigenvalue weighted by atomic mass is 32.2. The molecule has 1 aliphatic heterocycles. The number of nitrogens with zero attached hydrogens (tertiary/aromatic N) is 3. The molecular formula is C11H16N4S. The van der Waals surface area contributed by atoms with Crippen molar-refractivity contribution in [1.29, 1.82) is 0 Å². The molecule has 1 aliphatic rings. The van der Waals surface area contributed by atoms with Gasteiger partial charge in [-0.05, 0) is 18.6 Å². The number of aromatic nitrogens is 2. The summed E-state index contributed by atoms with van der Waals surface area (Å²) in [4.78, 5) is 4.47. The van der Waals surface area contributed by atoms with Gasteiger partial charge in [0.1, 0.15) is 0 Å². The van der Waals surface area contributed by atoms with Crippen LogP contribution in [0.4, 0.5) is 0 Å². The summed E-state index contributed by atoms with van der Waals surface area (Å²) in [5, 5.41) is 12.9. The van der Waals surface area contributed by atoms with Crippen LogP contribution in [0.1, 0.15) is 25.5 Å². The van der Waals surface area contributed by atoms with Crippen molar-refractivity contribution in [3.8, 4) is 0 Å². The first-order valence-electron chi connectivity index (χ1n) is 5.60. The van der Waals surface area contributed by atoms with Crippen molar-refractivity contribution in [3.63, 3.8) is 0 Å². The van der Waals surface area contributed by atoms with Gasteiger partial charge in [0, 0.05) is 11.4 Å². The summed E-state index contributed by atoms with van der Waals surface area (Å²) in [6, 6.07) is 3.86. The highest BCUT2D eigenvalue weighted by Gasteiger charge is 2.18. The fraction of sp³-hybridized carbons (Fsp3) is 0.545. The normalized spacial score (nSPS) is 19.6. The zero-order valence-corrected chi connectivity index (χ0v) is 10.2. The van der Waals surface area contributed by atoms with E-state index in [-0.39, 0.29) is 0 Å². The Kier molecular flexibility index (Phi) is 4.16. The Hall–Kier alpha value is -1.10. The van der Waals surface area contributed by atoms with Crippen LogP contribution in [-0.2, 0) is 6.54 Å². The molecule has 1 unspecified atom stereocenters. The summed E-state index contributed by atoms with van der Waals surface area (Å²) in [5.41, 5.74) is 0.949. The van der Waals surface area contributed by atoms with E-state index in [0.717, 1.165) is 17.4 Å². The van der Waals surface area contributed by atoms with Gasteiger partial charge in [0.2, 0.25) is 0 Å². The summed E-state index contributed by atoms with van der Waals surface area (Å²) in [6.07, 6.45) is 4.15. The average Bonchev–Trinajstić information content (AvgIpc) is 2.76. The number of thioether (sulfide) groups is 1. The Balaban J connectivity index is 1.76. The second-order valence-corrected chi connectivity index (χ2v) is 5.03. The second-order valence-electron chi connectivity index (χ2n) is 3.74. The molecule has 0 radical (unpaired) electrons. The van der Waals surface area contributed by atoms with Crippen LogP contribution < -0.4 is 5.32 Å². The van der Waals surface area contributed by atoms with Gasteiger partial charge in [0.15, 0.2) is 5.17 Å². The molecule has 0 saturated carbocycles. The van der Waals surface area contributed by atoms with E-state index in [9.17, 15) is 0 Å². The largest absolute Gasteiger partial charge is 0.359 e. The van der Waals surface area contributed by atoms with Gasteiger partial charge in [-0.2, -0.15) is 10.2 Å². The predicted octanol–water partition coefficient (Wildman–Crippen LogP) is 1.84. The summed E-state index contributed by atoms with van der Waals surface area (Å²) in [7, 11) is 0. The smallest absolute Gasteiger partial charge is 0.157 e. The molecule has 0 amide bonds. The summed E-state index contributed by atoms with van der Waals surface area (Å²) in [5.74, 6) is 0. The summed E-state index contributed by atoms with van der Waals surface area (Å²) in [6.45, 7) is 3.87. The lowest BCUT2D eigenvalue weighted by molar-refractivity contribution is 0.753. The third-order valence-corrected chi connectivity index (χ3v) is 3.59. The Labute approximate surface area is 100.0 Å². The highest BCUT2D eigenvalue weighted by Crippen LogP contribution is 2.23. The summed E-state index contributed by atoms with van der Waals surface area (Å²) >= 11 is 1.85. The van der Waals surface area contributed by atoms with Crippen molar-refractivity contribution < 1.29 is 0 Å². The Morgan fingerprint density at radius 2 is 2.50 bits per heavy atom. The maximum absolute atomic E-state index is 4.47. The molecule has 0 bridgehead atoms. The monoisotopic (exact) mass is 236 g/mol. The number of aliphatic imine (C=N–C) groups is 1. The van der Waals surface area contributed by atoms with Crippen molar-refractivity contribution in [2.24, 2.45) is 4.99 Å². The van der Waals surface area contributed by atoms with Gasteiger partial charge in [-0.25, -0.2) is 0 Å². The number of hydrogen-bond donors (Lipinski definition) is 1. The zero-order chi connectivity index (χ0) is 11.2. The molecule has 1 atom stereocenters. The molecule has 16 heavy (non-hydrogen) atoms. The third-order valence-electron chi connectivity index (χ3n) is 2.38. The van der Waals surface area contributed by atoms with Crippen molar-refractivity contribution >= 4 is 16.9 Å². The first kappa shape index (κ1) is 11.4. The van der Waals surface area contributed by atoms with Crippen LogP contribution >= 0.6 is 11.8 Å². The molecule has 5 heteroatoms. The van der Waals surface area contributed by atoms with Crippen LogP contribution in [0.3, 0.4) is 0 Å². The van der Waals surface area contributed by atoms with Gasteiger partial charge in [-0.1, -0.05) is 25.1 Å². The van der Waals surface area contributed by atoms with Crippen LogP contribution in [0.5, 0.6) is 0 Å². The molecule has 86 valence electrons. The van der Waals surface area contributed by atoms with E-state index < -0.39 is 0 Å². The molecular weight excluding hydrogens is 220 g/mol. The minimum atomic E-state index is 0.661. The van der Waals surface area contributed by atoms with Crippen molar-refractivity contribution in [3.05, 3.63) is 24.0 Å². The van der Waals surface area contributed by atoms with Crippen molar-refractivity contribution in [2.45, 2.75) is 31.6 Å². The Morgan fingerprint density at radius 1 is 1.56 bits per heavy atom. The van der Waals surface area contributed by atoms with Gasteiger partial charge in [0.25, 0.3) is 0 Å². The van der Waals surface area contributed by atoms with Crippen LogP contribution in [0.25, 0.3) is 0 Å². The van der Waals surface area contributed by atoms with E-state index in [1.807, 2.05) is 23.9 Å². The number of hydrogen-bond acceptors (Lipinski definition) is 5.